The average Bonchev–Trinajstić information content (AvgIpc) is 2.49. The van der Waals surface area contributed by atoms with Crippen LogP contribution < -0.4 is 15.2 Å². The number of hydrogen-bond donors (Lipinski definition) is 1. The van der Waals surface area contributed by atoms with Crippen molar-refractivity contribution in [1.29, 1.82) is 0 Å². The number of benzene rings is 2. The van der Waals surface area contributed by atoms with E-state index in [1.165, 1.54) is 12.1 Å². The van der Waals surface area contributed by atoms with E-state index in [9.17, 15) is 9.18 Å². The molecule has 0 aliphatic heterocycles. The predicted molar refractivity (Wildman–Crippen MR) is 77.1 cm³/mol. The van der Waals surface area contributed by atoms with E-state index in [0.717, 1.165) is 5.56 Å². The van der Waals surface area contributed by atoms with E-state index in [1.807, 2.05) is 18.2 Å². The summed E-state index contributed by atoms with van der Waals surface area (Å²) < 4.78 is 24.0. The van der Waals surface area contributed by atoms with Crippen molar-refractivity contribution in [2.45, 2.75) is 6.42 Å². The highest BCUT2D eigenvalue weighted by Crippen LogP contribution is 2.19. The molecule has 0 unspecified atom stereocenters. The van der Waals surface area contributed by atoms with Crippen LogP contribution in [0.3, 0.4) is 0 Å². The highest BCUT2D eigenvalue weighted by atomic mass is 19.1. The number of methoxy groups -OCH3 is 1. The van der Waals surface area contributed by atoms with Crippen molar-refractivity contribution in [3.05, 3.63) is 59.4 Å². The topological polar surface area (TPSA) is 61.6 Å². The van der Waals surface area contributed by atoms with Gasteiger partial charge in [-0.15, -0.1) is 0 Å². The highest BCUT2D eigenvalue weighted by Gasteiger charge is 2.09. The fourth-order valence-electron chi connectivity index (χ4n) is 1.89. The lowest BCUT2D eigenvalue weighted by Gasteiger charge is -2.08. The van der Waals surface area contributed by atoms with E-state index >= 15 is 0 Å². The summed E-state index contributed by atoms with van der Waals surface area (Å²) in [4.78, 5) is 11.1. The van der Waals surface area contributed by atoms with Crippen LogP contribution in [0.15, 0.2) is 42.5 Å². The zero-order chi connectivity index (χ0) is 15.2. The molecule has 1 amide bonds. The van der Waals surface area contributed by atoms with Gasteiger partial charge in [-0.25, -0.2) is 4.39 Å². The fraction of sp³-hybridized carbons (Fsp3) is 0.188. The lowest BCUT2D eigenvalue weighted by atomic mass is 10.1. The van der Waals surface area contributed by atoms with Crippen LogP contribution in [0.2, 0.25) is 0 Å². The second-order valence-electron chi connectivity index (χ2n) is 4.46. The van der Waals surface area contributed by atoms with E-state index in [2.05, 4.69) is 0 Å². The molecule has 0 aliphatic carbocycles. The molecule has 21 heavy (non-hydrogen) atoms. The molecule has 5 heteroatoms. The number of rotatable bonds is 6. The summed E-state index contributed by atoms with van der Waals surface area (Å²) >= 11 is 0. The minimum Gasteiger partial charge on any atom is -0.497 e. The molecule has 0 fully saturated rings. The first-order valence-corrected chi connectivity index (χ1v) is 6.45. The molecule has 0 aromatic heterocycles. The van der Waals surface area contributed by atoms with Gasteiger partial charge in [0.2, 0.25) is 0 Å². The molecular formula is C16H16FNO3. The lowest BCUT2D eigenvalue weighted by Crippen LogP contribution is -2.14. The number of nitrogens with two attached hydrogens (primary N) is 1. The fourth-order valence-corrected chi connectivity index (χ4v) is 1.89. The van der Waals surface area contributed by atoms with Crippen molar-refractivity contribution in [3.8, 4) is 11.5 Å². The Labute approximate surface area is 122 Å². The van der Waals surface area contributed by atoms with Gasteiger partial charge in [0.25, 0.3) is 5.91 Å². The third kappa shape index (κ3) is 3.95. The van der Waals surface area contributed by atoms with Crippen molar-refractivity contribution in [1.82, 2.24) is 0 Å². The molecule has 0 heterocycles. The number of carbonyl (C=O) groups excluding carboxylic acids is 1. The Morgan fingerprint density at radius 1 is 1.19 bits per heavy atom. The van der Waals surface area contributed by atoms with Crippen LogP contribution in [-0.2, 0) is 6.42 Å². The summed E-state index contributed by atoms with van der Waals surface area (Å²) in [7, 11) is 1.59. The van der Waals surface area contributed by atoms with Gasteiger partial charge >= 0.3 is 0 Å². The second kappa shape index (κ2) is 6.74. The van der Waals surface area contributed by atoms with Crippen LogP contribution in [0.1, 0.15) is 15.9 Å². The summed E-state index contributed by atoms with van der Waals surface area (Å²) in [6, 6.07) is 11.6. The van der Waals surface area contributed by atoms with Gasteiger partial charge in [-0.2, -0.15) is 0 Å². The standard InChI is InChI=1S/C16H16FNO3/c1-20-12-3-2-4-13(10-12)21-8-7-11-5-6-15(17)14(9-11)16(18)19/h2-6,9-10H,7-8H2,1H3,(H2,18,19). The monoisotopic (exact) mass is 289 g/mol. The van der Waals surface area contributed by atoms with Gasteiger partial charge in [-0.3, -0.25) is 4.79 Å². The van der Waals surface area contributed by atoms with E-state index in [0.29, 0.717) is 24.5 Å². The Hall–Kier alpha value is -2.56. The smallest absolute Gasteiger partial charge is 0.251 e. The van der Waals surface area contributed by atoms with Gasteiger partial charge < -0.3 is 15.2 Å². The van der Waals surface area contributed by atoms with E-state index in [4.69, 9.17) is 15.2 Å². The Morgan fingerprint density at radius 2 is 1.95 bits per heavy atom. The minimum absolute atomic E-state index is 0.103. The van der Waals surface area contributed by atoms with Crippen molar-refractivity contribution >= 4 is 5.91 Å². The van der Waals surface area contributed by atoms with E-state index < -0.39 is 11.7 Å². The summed E-state index contributed by atoms with van der Waals surface area (Å²) in [5.41, 5.74) is 5.79. The SMILES string of the molecule is COc1cccc(OCCc2ccc(F)c(C(N)=O)c2)c1. The van der Waals surface area contributed by atoms with Gasteiger partial charge in [0.05, 0.1) is 19.3 Å². The number of carbonyl (C=O) groups is 1. The van der Waals surface area contributed by atoms with E-state index in [-0.39, 0.29) is 5.56 Å². The molecule has 0 atom stereocenters. The van der Waals surface area contributed by atoms with Crippen LogP contribution in [0, 0.1) is 5.82 Å². The maximum absolute atomic E-state index is 13.3. The zero-order valence-electron chi connectivity index (χ0n) is 11.6. The van der Waals surface area contributed by atoms with Crippen LogP contribution in [0.4, 0.5) is 4.39 Å². The maximum Gasteiger partial charge on any atom is 0.251 e. The molecule has 0 aliphatic rings. The molecular weight excluding hydrogens is 273 g/mol. The third-order valence-electron chi connectivity index (χ3n) is 3.00. The molecule has 110 valence electrons. The third-order valence-corrected chi connectivity index (χ3v) is 3.00. The van der Waals surface area contributed by atoms with E-state index in [1.54, 1.807) is 19.2 Å². The van der Waals surface area contributed by atoms with Crippen LogP contribution in [0.25, 0.3) is 0 Å². The van der Waals surface area contributed by atoms with Crippen molar-refractivity contribution in [3.63, 3.8) is 0 Å². The first-order valence-electron chi connectivity index (χ1n) is 6.45. The Bertz CT molecular complexity index is 643. The van der Waals surface area contributed by atoms with Crippen LogP contribution in [0.5, 0.6) is 11.5 Å². The molecule has 0 saturated heterocycles. The highest BCUT2D eigenvalue weighted by molar-refractivity contribution is 5.93. The number of amides is 1. The lowest BCUT2D eigenvalue weighted by molar-refractivity contribution is 0.0996. The van der Waals surface area contributed by atoms with Crippen LogP contribution >= 0.6 is 0 Å². The van der Waals surface area contributed by atoms with Crippen molar-refractivity contribution in [2.24, 2.45) is 5.73 Å². The van der Waals surface area contributed by atoms with Gasteiger partial charge in [0.1, 0.15) is 17.3 Å². The van der Waals surface area contributed by atoms with Gasteiger partial charge in [-0.05, 0) is 29.8 Å². The molecule has 2 aromatic rings. The molecule has 0 radical (unpaired) electrons. The summed E-state index contributed by atoms with van der Waals surface area (Å²) in [5, 5.41) is 0. The van der Waals surface area contributed by atoms with Gasteiger partial charge in [-0.1, -0.05) is 12.1 Å². The van der Waals surface area contributed by atoms with Crippen molar-refractivity contribution in [2.75, 3.05) is 13.7 Å². The quantitative estimate of drug-likeness (QED) is 0.889. The molecule has 2 aromatic carbocycles. The van der Waals surface area contributed by atoms with Crippen molar-refractivity contribution < 1.29 is 18.7 Å². The predicted octanol–water partition coefficient (Wildman–Crippen LogP) is 2.55. The molecule has 0 bridgehead atoms. The molecule has 2 N–H and O–H groups in total. The number of primary amides is 1. The first kappa shape index (κ1) is 14.8. The molecule has 4 nitrogen and oxygen atoms in total. The largest absolute Gasteiger partial charge is 0.497 e. The summed E-state index contributed by atoms with van der Waals surface area (Å²) in [6.07, 6.45) is 0.539. The minimum atomic E-state index is -0.775. The van der Waals surface area contributed by atoms with Gasteiger partial charge in [0, 0.05) is 12.5 Å². The first-order chi connectivity index (χ1) is 10.1. The molecule has 2 rings (SSSR count). The normalized spacial score (nSPS) is 10.2. The Kier molecular flexibility index (Phi) is 4.77. The average molecular weight is 289 g/mol. The Balaban J connectivity index is 1.97. The zero-order valence-corrected chi connectivity index (χ0v) is 11.6. The van der Waals surface area contributed by atoms with Crippen LogP contribution in [-0.4, -0.2) is 19.6 Å². The number of ether oxygens (including phenoxy) is 2. The molecule has 0 spiro atoms. The maximum atomic E-state index is 13.3. The second-order valence-corrected chi connectivity index (χ2v) is 4.46. The van der Waals surface area contributed by atoms with Gasteiger partial charge in [0.15, 0.2) is 0 Å². The Morgan fingerprint density at radius 3 is 2.67 bits per heavy atom. The number of hydrogen-bond acceptors (Lipinski definition) is 3. The summed E-state index contributed by atoms with van der Waals surface area (Å²) in [6.45, 7) is 0.400. The molecule has 0 saturated carbocycles. The summed E-state index contributed by atoms with van der Waals surface area (Å²) in [5.74, 6) is 0.0138. The number of halogens is 1.